The molecule has 8 heteroatoms. The Morgan fingerprint density at radius 2 is 1.68 bits per heavy atom. The molecule has 0 amide bonds. The monoisotopic (exact) mass is 388 g/mol. The van der Waals surface area contributed by atoms with Crippen molar-refractivity contribution in [2.45, 2.75) is 33.3 Å². The van der Waals surface area contributed by atoms with E-state index in [0.29, 0.717) is 34.6 Å². The Labute approximate surface area is 163 Å². The predicted octanol–water partition coefficient (Wildman–Crippen LogP) is 3.59. The zero-order valence-electron chi connectivity index (χ0n) is 16.5. The second-order valence-electron chi connectivity index (χ2n) is 6.37. The third-order valence-electron chi connectivity index (χ3n) is 4.22. The number of ether oxygens (including phenoxy) is 3. The number of esters is 1. The van der Waals surface area contributed by atoms with Crippen LogP contribution in [0.2, 0.25) is 0 Å². The molecule has 0 aromatic heterocycles. The summed E-state index contributed by atoms with van der Waals surface area (Å²) in [5.41, 5.74) is 2.81. The number of oxime groups is 2. The molecule has 0 fully saturated rings. The van der Waals surface area contributed by atoms with Crippen molar-refractivity contribution in [3.63, 3.8) is 0 Å². The van der Waals surface area contributed by atoms with Gasteiger partial charge in [-0.15, -0.1) is 0 Å². The van der Waals surface area contributed by atoms with E-state index in [0.717, 1.165) is 5.57 Å². The van der Waals surface area contributed by atoms with Gasteiger partial charge in [-0.2, -0.15) is 0 Å². The number of carbonyl (C=O) groups excluding carboxylic acids is 1. The lowest BCUT2D eigenvalue weighted by Crippen LogP contribution is -2.19. The van der Waals surface area contributed by atoms with Crippen LogP contribution in [0.15, 0.2) is 40.2 Å². The van der Waals surface area contributed by atoms with Crippen LogP contribution in [0.25, 0.3) is 0 Å². The van der Waals surface area contributed by atoms with Gasteiger partial charge in [0.05, 0.1) is 25.3 Å². The van der Waals surface area contributed by atoms with E-state index in [1.165, 1.54) is 33.3 Å². The average molecular weight is 388 g/mol. The van der Waals surface area contributed by atoms with Crippen LogP contribution in [-0.4, -0.2) is 42.0 Å². The third-order valence-corrected chi connectivity index (χ3v) is 4.22. The standard InChI is InChI=1S/C20H24N2O6/c1-11(2)6-9-16(28-12(3)23)13-10-17(26-4)18-14(21-24)7-8-15(22-25)19(18)20(13)27-5/h6-8,10,16,24-25H,9H2,1-5H3/b21-14+,22-15+/t16-/m0/s1. The van der Waals surface area contributed by atoms with Crippen molar-refractivity contribution in [2.24, 2.45) is 10.3 Å². The molecule has 150 valence electrons. The highest BCUT2D eigenvalue weighted by atomic mass is 16.5. The van der Waals surface area contributed by atoms with Crippen LogP contribution < -0.4 is 9.47 Å². The second kappa shape index (κ2) is 9.07. The Kier molecular flexibility index (Phi) is 6.81. The quantitative estimate of drug-likeness (QED) is 0.333. The molecule has 0 saturated carbocycles. The highest BCUT2D eigenvalue weighted by molar-refractivity contribution is 6.27. The van der Waals surface area contributed by atoms with Gasteiger partial charge in [-0.3, -0.25) is 4.79 Å². The van der Waals surface area contributed by atoms with Gasteiger partial charge in [0.1, 0.15) is 29.0 Å². The first-order valence-electron chi connectivity index (χ1n) is 8.60. The fourth-order valence-corrected chi connectivity index (χ4v) is 3.05. The molecule has 2 rings (SSSR count). The Morgan fingerprint density at radius 1 is 1.07 bits per heavy atom. The van der Waals surface area contributed by atoms with Crippen molar-refractivity contribution >= 4 is 17.4 Å². The van der Waals surface area contributed by atoms with Gasteiger partial charge in [-0.1, -0.05) is 22.0 Å². The number of rotatable bonds is 6. The summed E-state index contributed by atoms with van der Waals surface area (Å²) in [5.74, 6) is 0.250. The van der Waals surface area contributed by atoms with Gasteiger partial charge in [-0.25, -0.2) is 0 Å². The molecule has 1 aliphatic rings. The highest BCUT2D eigenvalue weighted by Crippen LogP contribution is 2.42. The fourth-order valence-electron chi connectivity index (χ4n) is 3.05. The maximum Gasteiger partial charge on any atom is 0.303 e. The summed E-state index contributed by atoms with van der Waals surface area (Å²) in [6.07, 6.45) is 4.69. The molecule has 0 bridgehead atoms. The number of fused-ring (bicyclic) bond motifs is 1. The van der Waals surface area contributed by atoms with Crippen LogP contribution in [0.1, 0.15) is 50.0 Å². The molecule has 8 nitrogen and oxygen atoms in total. The van der Waals surface area contributed by atoms with E-state index in [-0.39, 0.29) is 11.4 Å². The van der Waals surface area contributed by atoms with E-state index in [1.54, 1.807) is 6.07 Å². The Hall–Kier alpha value is -3.29. The number of allylic oxidation sites excluding steroid dienone is 3. The zero-order valence-corrected chi connectivity index (χ0v) is 16.5. The molecular formula is C20H24N2O6. The first kappa shape index (κ1) is 21.0. The lowest BCUT2D eigenvalue weighted by molar-refractivity contribution is -0.146. The van der Waals surface area contributed by atoms with E-state index in [1.807, 2.05) is 19.9 Å². The molecule has 1 aliphatic carbocycles. The third kappa shape index (κ3) is 4.16. The molecule has 0 radical (unpaired) electrons. The molecular weight excluding hydrogens is 364 g/mol. The molecule has 0 heterocycles. The summed E-state index contributed by atoms with van der Waals surface area (Å²) in [4.78, 5) is 11.7. The Balaban J connectivity index is 2.82. The molecule has 28 heavy (non-hydrogen) atoms. The maximum absolute atomic E-state index is 11.7. The number of hydrogen-bond acceptors (Lipinski definition) is 8. The molecule has 0 saturated heterocycles. The van der Waals surface area contributed by atoms with Crippen LogP contribution in [0, 0.1) is 0 Å². The van der Waals surface area contributed by atoms with E-state index in [2.05, 4.69) is 10.3 Å². The molecule has 2 N–H and O–H groups in total. The first-order chi connectivity index (χ1) is 13.4. The lowest BCUT2D eigenvalue weighted by atomic mass is 9.88. The van der Waals surface area contributed by atoms with Gasteiger partial charge in [0, 0.05) is 18.9 Å². The minimum Gasteiger partial charge on any atom is -0.496 e. The Bertz CT molecular complexity index is 879. The number of carbonyl (C=O) groups is 1. The number of benzene rings is 1. The van der Waals surface area contributed by atoms with Crippen molar-refractivity contribution < 1.29 is 29.4 Å². The largest absolute Gasteiger partial charge is 0.496 e. The Morgan fingerprint density at radius 3 is 2.14 bits per heavy atom. The second-order valence-corrected chi connectivity index (χ2v) is 6.37. The zero-order chi connectivity index (χ0) is 20.8. The van der Waals surface area contributed by atoms with Gasteiger partial charge in [0.2, 0.25) is 0 Å². The topological polar surface area (TPSA) is 110 Å². The molecule has 0 unspecified atom stereocenters. The first-order valence-corrected chi connectivity index (χ1v) is 8.60. The maximum atomic E-state index is 11.7. The van der Waals surface area contributed by atoms with Gasteiger partial charge in [0.15, 0.2) is 0 Å². The summed E-state index contributed by atoms with van der Waals surface area (Å²) in [7, 11) is 2.92. The van der Waals surface area contributed by atoms with Gasteiger partial charge < -0.3 is 24.6 Å². The SMILES string of the molecule is COc1cc([C@H](CC=C(C)C)OC(C)=O)c(OC)c2c1/C(=N/O)C=C/C2=N\O. The van der Waals surface area contributed by atoms with Gasteiger partial charge >= 0.3 is 5.97 Å². The molecule has 0 aliphatic heterocycles. The van der Waals surface area contributed by atoms with E-state index in [4.69, 9.17) is 14.2 Å². The highest BCUT2D eigenvalue weighted by Gasteiger charge is 2.31. The van der Waals surface area contributed by atoms with Crippen molar-refractivity contribution in [3.8, 4) is 11.5 Å². The molecule has 1 aromatic rings. The van der Waals surface area contributed by atoms with E-state index < -0.39 is 12.1 Å². The van der Waals surface area contributed by atoms with Crippen LogP contribution >= 0.6 is 0 Å². The lowest BCUT2D eigenvalue weighted by Gasteiger charge is -2.25. The number of nitrogens with zero attached hydrogens (tertiary/aromatic N) is 2. The van der Waals surface area contributed by atoms with Crippen molar-refractivity contribution in [2.75, 3.05) is 14.2 Å². The van der Waals surface area contributed by atoms with E-state index >= 15 is 0 Å². The minimum absolute atomic E-state index is 0.197. The normalized spacial score (nSPS) is 16.5. The number of hydrogen-bond donors (Lipinski definition) is 2. The van der Waals surface area contributed by atoms with Crippen LogP contribution in [0.5, 0.6) is 11.5 Å². The summed E-state index contributed by atoms with van der Waals surface area (Å²) in [6.45, 7) is 5.22. The van der Waals surface area contributed by atoms with Crippen LogP contribution in [0.4, 0.5) is 0 Å². The van der Waals surface area contributed by atoms with Crippen molar-refractivity contribution in [3.05, 3.63) is 46.6 Å². The molecule has 0 spiro atoms. The van der Waals surface area contributed by atoms with Gasteiger partial charge in [0.25, 0.3) is 0 Å². The van der Waals surface area contributed by atoms with E-state index in [9.17, 15) is 15.2 Å². The summed E-state index contributed by atoms with van der Waals surface area (Å²) in [5, 5.41) is 25.5. The number of methoxy groups -OCH3 is 2. The van der Waals surface area contributed by atoms with Crippen molar-refractivity contribution in [1.29, 1.82) is 0 Å². The fraction of sp³-hybridized carbons (Fsp3) is 0.350. The predicted molar refractivity (Wildman–Crippen MR) is 104 cm³/mol. The minimum atomic E-state index is -0.651. The van der Waals surface area contributed by atoms with Crippen molar-refractivity contribution in [1.82, 2.24) is 0 Å². The smallest absolute Gasteiger partial charge is 0.303 e. The average Bonchev–Trinajstić information content (AvgIpc) is 2.68. The van der Waals surface area contributed by atoms with Crippen LogP contribution in [-0.2, 0) is 9.53 Å². The summed E-state index contributed by atoms with van der Waals surface area (Å²) in [6, 6.07) is 1.67. The van der Waals surface area contributed by atoms with Crippen LogP contribution in [0.3, 0.4) is 0 Å². The van der Waals surface area contributed by atoms with Gasteiger partial charge in [-0.05, 0) is 32.1 Å². The summed E-state index contributed by atoms with van der Waals surface area (Å²) < 4.78 is 16.6. The summed E-state index contributed by atoms with van der Waals surface area (Å²) >= 11 is 0. The molecule has 1 atom stereocenters. The molecule has 1 aromatic carbocycles.